The number of aromatic nitrogens is 3. The number of hydrogen-bond acceptors (Lipinski definition) is 7. The molecule has 0 unspecified atom stereocenters. The molecule has 0 aliphatic heterocycles. The molecule has 0 saturated carbocycles. The third-order valence-electron chi connectivity index (χ3n) is 2.60. The molecule has 0 saturated heterocycles. The van der Waals surface area contributed by atoms with Gasteiger partial charge in [0.1, 0.15) is 0 Å². The van der Waals surface area contributed by atoms with Crippen molar-refractivity contribution in [1.29, 1.82) is 0 Å². The number of nitrogen functional groups attached to an aromatic ring is 1. The Morgan fingerprint density at radius 1 is 1.25 bits per heavy atom. The van der Waals surface area contributed by atoms with Crippen LogP contribution in [0.15, 0.2) is 34.6 Å². The average Bonchev–Trinajstić information content (AvgIpc) is 2.52. The minimum absolute atomic E-state index is 0.0372. The minimum Gasteiger partial charge on any atom is -0.368 e. The second-order valence-electron chi connectivity index (χ2n) is 4.38. The zero-order valence-corrected chi connectivity index (χ0v) is 13.9. The molecule has 6 nitrogen and oxygen atoms in total. The number of amides is 1. The van der Waals surface area contributed by atoms with Crippen LogP contribution < -0.4 is 11.1 Å². The molecular weight excluding hydrogens is 363 g/mol. The van der Waals surface area contributed by atoms with E-state index in [-0.39, 0.29) is 22.5 Å². The van der Waals surface area contributed by atoms with Gasteiger partial charge in [0.2, 0.25) is 11.9 Å². The summed E-state index contributed by atoms with van der Waals surface area (Å²) in [6.45, 7) is 0. The number of hydrogen-bond donors (Lipinski definition) is 2. The van der Waals surface area contributed by atoms with Gasteiger partial charge in [-0.1, -0.05) is 29.6 Å². The monoisotopic (exact) mass is 375 g/mol. The normalized spacial score (nSPS) is 11.3. The Balaban J connectivity index is 1.98. The summed E-state index contributed by atoms with van der Waals surface area (Å²) < 4.78 is 37.9. The highest BCUT2D eigenvalue weighted by atomic mass is 32.2. The van der Waals surface area contributed by atoms with Gasteiger partial charge in [0, 0.05) is 5.69 Å². The SMILES string of the molecule is CSc1nc(N)nc(SCC(=O)Nc2cccc(C(F)(F)F)c2)n1. The molecule has 128 valence electrons. The van der Waals surface area contributed by atoms with Gasteiger partial charge in [0.05, 0.1) is 11.3 Å². The van der Waals surface area contributed by atoms with Crippen LogP contribution in [0.5, 0.6) is 0 Å². The third kappa shape index (κ3) is 5.27. The maximum Gasteiger partial charge on any atom is 0.416 e. The first-order valence-corrected chi connectivity index (χ1v) is 8.64. The van der Waals surface area contributed by atoms with Gasteiger partial charge >= 0.3 is 6.18 Å². The van der Waals surface area contributed by atoms with Crippen LogP contribution >= 0.6 is 23.5 Å². The van der Waals surface area contributed by atoms with E-state index in [0.29, 0.717) is 5.16 Å². The predicted molar refractivity (Wildman–Crippen MR) is 86.8 cm³/mol. The molecule has 0 aliphatic carbocycles. The minimum atomic E-state index is -4.47. The number of carbonyl (C=O) groups is 1. The molecule has 2 aromatic rings. The van der Waals surface area contributed by atoms with Crippen molar-refractivity contribution in [2.75, 3.05) is 23.1 Å². The molecule has 0 atom stereocenters. The van der Waals surface area contributed by atoms with Crippen molar-refractivity contribution in [3.05, 3.63) is 29.8 Å². The smallest absolute Gasteiger partial charge is 0.368 e. The maximum atomic E-state index is 12.6. The summed E-state index contributed by atoms with van der Waals surface area (Å²) in [6, 6.07) is 4.41. The molecule has 1 aromatic carbocycles. The zero-order valence-electron chi connectivity index (χ0n) is 12.3. The quantitative estimate of drug-likeness (QED) is 0.776. The summed E-state index contributed by atoms with van der Waals surface area (Å²) in [5.74, 6) is -0.521. The first-order valence-electron chi connectivity index (χ1n) is 6.43. The van der Waals surface area contributed by atoms with Crippen molar-refractivity contribution >= 4 is 41.1 Å². The highest BCUT2D eigenvalue weighted by Crippen LogP contribution is 2.30. The molecule has 2 rings (SSSR count). The van der Waals surface area contributed by atoms with E-state index in [1.54, 1.807) is 6.26 Å². The second kappa shape index (κ2) is 7.71. The predicted octanol–water partition coefficient (Wildman–Crippen LogP) is 2.93. The van der Waals surface area contributed by atoms with Crippen LogP contribution in [0, 0.1) is 0 Å². The number of carbonyl (C=O) groups excluding carboxylic acids is 1. The lowest BCUT2D eigenvalue weighted by atomic mass is 10.2. The van der Waals surface area contributed by atoms with Crippen LogP contribution in [0.1, 0.15) is 5.56 Å². The Morgan fingerprint density at radius 2 is 1.96 bits per heavy atom. The lowest BCUT2D eigenvalue weighted by Gasteiger charge is -2.09. The van der Waals surface area contributed by atoms with Gasteiger partial charge in [-0.25, -0.2) is 0 Å². The van der Waals surface area contributed by atoms with E-state index in [4.69, 9.17) is 5.73 Å². The molecule has 1 aromatic heterocycles. The first kappa shape index (κ1) is 18.3. The Hall–Kier alpha value is -2.01. The number of thioether (sulfide) groups is 2. The Morgan fingerprint density at radius 3 is 2.62 bits per heavy atom. The van der Waals surface area contributed by atoms with E-state index in [0.717, 1.165) is 23.9 Å². The largest absolute Gasteiger partial charge is 0.416 e. The summed E-state index contributed by atoms with van der Waals surface area (Å²) in [7, 11) is 0. The average molecular weight is 375 g/mol. The van der Waals surface area contributed by atoms with Gasteiger partial charge in [-0.05, 0) is 24.5 Å². The number of anilines is 2. The summed E-state index contributed by atoms with van der Waals surface area (Å²) in [6.07, 6.45) is -2.70. The summed E-state index contributed by atoms with van der Waals surface area (Å²) >= 11 is 2.29. The number of halogens is 3. The van der Waals surface area contributed by atoms with Crippen LogP contribution in [-0.4, -0.2) is 32.9 Å². The lowest BCUT2D eigenvalue weighted by Crippen LogP contribution is -2.15. The van der Waals surface area contributed by atoms with Crippen LogP contribution in [0.25, 0.3) is 0 Å². The van der Waals surface area contributed by atoms with Crippen LogP contribution in [-0.2, 0) is 11.0 Å². The second-order valence-corrected chi connectivity index (χ2v) is 6.09. The fourth-order valence-corrected chi connectivity index (χ4v) is 2.67. The van der Waals surface area contributed by atoms with Crippen molar-refractivity contribution in [2.45, 2.75) is 16.5 Å². The summed E-state index contributed by atoms with van der Waals surface area (Å²) in [5.41, 5.74) is 4.76. The van der Waals surface area contributed by atoms with E-state index in [9.17, 15) is 18.0 Å². The van der Waals surface area contributed by atoms with E-state index in [2.05, 4.69) is 20.3 Å². The topological polar surface area (TPSA) is 93.8 Å². The maximum absolute atomic E-state index is 12.6. The zero-order chi connectivity index (χ0) is 17.7. The highest BCUT2D eigenvalue weighted by molar-refractivity contribution is 8.00. The number of alkyl halides is 3. The molecule has 1 heterocycles. The van der Waals surface area contributed by atoms with Crippen molar-refractivity contribution in [3.63, 3.8) is 0 Å². The number of rotatable bonds is 5. The standard InChI is InChI=1S/C13H12F3N5OS2/c1-23-11-19-10(17)20-12(21-11)24-6-9(22)18-8-4-2-3-7(5-8)13(14,15)16/h2-5H,6H2,1H3,(H,18,22)(H2,17,19,20,21). The Bertz CT molecular complexity index is 742. The van der Waals surface area contributed by atoms with Gasteiger partial charge in [0.15, 0.2) is 10.3 Å². The van der Waals surface area contributed by atoms with Crippen LogP contribution in [0.4, 0.5) is 24.8 Å². The number of benzene rings is 1. The van der Waals surface area contributed by atoms with Crippen molar-refractivity contribution in [1.82, 2.24) is 15.0 Å². The van der Waals surface area contributed by atoms with Gasteiger partial charge in [-0.3, -0.25) is 4.79 Å². The molecule has 24 heavy (non-hydrogen) atoms. The first-order chi connectivity index (χ1) is 11.3. The van der Waals surface area contributed by atoms with Crippen molar-refractivity contribution in [2.24, 2.45) is 0 Å². The van der Waals surface area contributed by atoms with E-state index in [1.807, 2.05) is 0 Å². The summed E-state index contributed by atoms with van der Waals surface area (Å²) in [5, 5.41) is 3.09. The Labute approximate surface area is 143 Å². The fraction of sp³-hybridized carbons (Fsp3) is 0.231. The molecular formula is C13H12F3N5OS2. The molecule has 11 heteroatoms. The molecule has 0 aliphatic rings. The molecule has 0 spiro atoms. The van der Waals surface area contributed by atoms with Crippen molar-refractivity contribution < 1.29 is 18.0 Å². The number of nitrogens with two attached hydrogens (primary N) is 1. The van der Waals surface area contributed by atoms with E-state index in [1.165, 1.54) is 23.9 Å². The Kier molecular flexibility index (Phi) is 5.89. The molecule has 3 N–H and O–H groups in total. The van der Waals surface area contributed by atoms with Gasteiger partial charge in [-0.15, -0.1) is 0 Å². The van der Waals surface area contributed by atoms with Crippen LogP contribution in [0.2, 0.25) is 0 Å². The van der Waals surface area contributed by atoms with Gasteiger partial charge < -0.3 is 11.1 Å². The summed E-state index contributed by atoms with van der Waals surface area (Å²) in [4.78, 5) is 23.7. The van der Waals surface area contributed by atoms with Crippen LogP contribution in [0.3, 0.4) is 0 Å². The highest BCUT2D eigenvalue weighted by Gasteiger charge is 2.30. The number of nitrogens with one attached hydrogen (secondary N) is 1. The van der Waals surface area contributed by atoms with Gasteiger partial charge in [-0.2, -0.15) is 28.1 Å². The lowest BCUT2D eigenvalue weighted by molar-refractivity contribution is -0.137. The van der Waals surface area contributed by atoms with E-state index >= 15 is 0 Å². The van der Waals surface area contributed by atoms with E-state index < -0.39 is 17.6 Å². The molecule has 1 amide bonds. The third-order valence-corrected chi connectivity index (χ3v) is 4.00. The number of nitrogens with zero attached hydrogens (tertiary/aromatic N) is 3. The molecule has 0 fully saturated rings. The fourth-order valence-electron chi connectivity index (χ4n) is 1.61. The molecule has 0 radical (unpaired) electrons. The molecule has 0 bridgehead atoms. The van der Waals surface area contributed by atoms with Gasteiger partial charge in [0.25, 0.3) is 0 Å². The van der Waals surface area contributed by atoms with Crippen molar-refractivity contribution in [3.8, 4) is 0 Å².